The van der Waals surface area contributed by atoms with Crippen molar-refractivity contribution in [3.63, 3.8) is 0 Å². The van der Waals surface area contributed by atoms with E-state index in [1.807, 2.05) is 18.3 Å². The SMILES string of the molecule is Clc1ccc2nc(-c3ccc4c(c3)CCCC4)c(CN3CCCNCC3)n2c1. The molecule has 146 valence electrons. The Labute approximate surface area is 171 Å². The quantitative estimate of drug-likeness (QED) is 0.717. The number of fused-ring (bicyclic) bond motifs is 2. The molecule has 1 N–H and O–H groups in total. The number of nitrogens with one attached hydrogen (secondary N) is 1. The second-order valence-corrected chi connectivity index (χ2v) is 8.49. The Morgan fingerprint density at radius 3 is 2.79 bits per heavy atom. The van der Waals surface area contributed by atoms with Gasteiger partial charge in [-0.3, -0.25) is 4.90 Å². The van der Waals surface area contributed by atoms with E-state index in [1.165, 1.54) is 54.5 Å². The largest absolute Gasteiger partial charge is 0.315 e. The number of hydrogen-bond acceptors (Lipinski definition) is 3. The van der Waals surface area contributed by atoms with Crippen molar-refractivity contribution >= 4 is 17.2 Å². The number of aromatic nitrogens is 2. The van der Waals surface area contributed by atoms with Crippen LogP contribution in [0.25, 0.3) is 16.9 Å². The highest BCUT2D eigenvalue weighted by atomic mass is 35.5. The Morgan fingerprint density at radius 2 is 1.86 bits per heavy atom. The average Bonchev–Trinajstić information content (AvgIpc) is 2.89. The van der Waals surface area contributed by atoms with Gasteiger partial charge in [0.05, 0.1) is 16.4 Å². The van der Waals surface area contributed by atoms with Gasteiger partial charge >= 0.3 is 0 Å². The van der Waals surface area contributed by atoms with Gasteiger partial charge in [-0.25, -0.2) is 4.98 Å². The van der Waals surface area contributed by atoms with Gasteiger partial charge < -0.3 is 9.72 Å². The van der Waals surface area contributed by atoms with Crippen LogP contribution < -0.4 is 5.32 Å². The number of pyridine rings is 1. The van der Waals surface area contributed by atoms with Gasteiger partial charge in [0.1, 0.15) is 5.65 Å². The maximum Gasteiger partial charge on any atom is 0.137 e. The maximum absolute atomic E-state index is 6.34. The molecule has 2 aromatic heterocycles. The summed E-state index contributed by atoms with van der Waals surface area (Å²) in [5, 5.41) is 4.25. The third-order valence-electron chi connectivity index (χ3n) is 6.11. The zero-order valence-corrected chi connectivity index (χ0v) is 17.0. The Bertz CT molecular complexity index is 986. The summed E-state index contributed by atoms with van der Waals surface area (Å²) in [5.74, 6) is 0. The molecule has 0 atom stereocenters. The maximum atomic E-state index is 6.34. The number of imidazole rings is 1. The van der Waals surface area contributed by atoms with Crippen molar-refractivity contribution in [3.05, 3.63) is 58.4 Å². The molecular formula is C23H27ClN4. The van der Waals surface area contributed by atoms with E-state index in [-0.39, 0.29) is 0 Å². The van der Waals surface area contributed by atoms with Crippen LogP contribution in [0.1, 0.15) is 36.1 Å². The molecule has 1 saturated heterocycles. The summed E-state index contributed by atoms with van der Waals surface area (Å²) < 4.78 is 2.19. The van der Waals surface area contributed by atoms with E-state index >= 15 is 0 Å². The van der Waals surface area contributed by atoms with Gasteiger partial charge in [0.25, 0.3) is 0 Å². The number of halogens is 1. The van der Waals surface area contributed by atoms with Crippen LogP contribution in [0.2, 0.25) is 5.02 Å². The average molecular weight is 395 g/mol. The molecule has 0 bridgehead atoms. The topological polar surface area (TPSA) is 32.6 Å². The summed E-state index contributed by atoms with van der Waals surface area (Å²) in [6, 6.07) is 10.9. The molecule has 0 saturated carbocycles. The molecule has 1 aliphatic heterocycles. The fourth-order valence-electron chi connectivity index (χ4n) is 4.60. The predicted molar refractivity (Wildman–Crippen MR) is 115 cm³/mol. The molecule has 5 heteroatoms. The highest BCUT2D eigenvalue weighted by Gasteiger charge is 2.20. The lowest BCUT2D eigenvalue weighted by molar-refractivity contribution is 0.281. The first-order valence-corrected chi connectivity index (χ1v) is 10.9. The normalized spacial score (nSPS) is 18.2. The summed E-state index contributed by atoms with van der Waals surface area (Å²) in [7, 11) is 0. The van der Waals surface area contributed by atoms with E-state index in [0.717, 1.165) is 49.1 Å². The minimum Gasteiger partial charge on any atom is -0.315 e. The van der Waals surface area contributed by atoms with Crippen LogP contribution in [0.5, 0.6) is 0 Å². The van der Waals surface area contributed by atoms with Gasteiger partial charge in [0, 0.05) is 31.4 Å². The number of nitrogens with zero attached hydrogens (tertiary/aromatic N) is 3. The van der Waals surface area contributed by atoms with Crippen molar-refractivity contribution < 1.29 is 0 Å². The summed E-state index contributed by atoms with van der Waals surface area (Å²) in [4.78, 5) is 7.56. The summed E-state index contributed by atoms with van der Waals surface area (Å²) in [5.41, 5.74) is 7.58. The highest BCUT2D eigenvalue weighted by Crippen LogP contribution is 2.31. The third kappa shape index (κ3) is 3.57. The zero-order valence-electron chi connectivity index (χ0n) is 16.3. The number of hydrogen-bond donors (Lipinski definition) is 1. The van der Waals surface area contributed by atoms with Crippen LogP contribution in [-0.4, -0.2) is 40.5 Å². The van der Waals surface area contributed by atoms with Gasteiger partial charge in [0.15, 0.2) is 0 Å². The molecule has 3 aromatic rings. The van der Waals surface area contributed by atoms with E-state index in [2.05, 4.69) is 32.8 Å². The van der Waals surface area contributed by atoms with E-state index in [1.54, 1.807) is 0 Å². The minimum absolute atomic E-state index is 0.751. The van der Waals surface area contributed by atoms with Crippen LogP contribution in [0.3, 0.4) is 0 Å². The second kappa shape index (κ2) is 7.86. The number of benzene rings is 1. The van der Waals surface area contributed by atoms with Gasteiger partial charge in [-0.2, -0.15) is 0 Å². The van der Waals surface area contributed by atoms with Crippen molar-refractivity contribution in [3.8, 4) is 11.3 Å². The van der Waals surface area contributed by atoms with Crippen LogP contribution in [-0.2, 0) is 19.4 Å². The molecule has 28 heavy (non-hydrogen) atoms. The third-order valence-corrected chi connectivity index (χ3v) is 6.33. The van der Waals surface area contributed by atoms with Crippen molar-refractivity contribution in [2.24, 2.45) is 0 Å². The second-order valence-electron chi connectivity index (χ2n) is 8.05. The zero-order chi connectivity index (χ0) is 18.9. The van der Waals surface area contributed by atoms with Crippen molar-refractivity contribution in [1.29, 1.82) is 0 Å². The first-order chi connectivity index (χ1) is 13.8. The van der Waals surface area contributed by atoms with Crippen molar-refractivity contribution in [2.45, 2.75) is 38.6 Å². The first kappa shape index (κ1) is 18.2. The molecular weight excluding hydrogens is 368 g/mol. The van der Waals surface area contributed by atoms with E-state index < -0.39 is 0 Å². The molecule has 2 aliphatic rings. The van der Waals surface area contributed by atoms with Gasteiger partial charge in [-0.15, -0.1) is 0 Å². The van der Waals surface area contributed by atoms with Crippen LogP contribution in [0.15, 0.2) is 36.5 Å². The lowest BCUT2D eigenvalue weighted by Crippen LogP contribution is -2.28. The Kier molecular flexibility index (Phi) is 5.10. The molecule has 0 spiro atoms. The monoisotopic (exact) mass is 394 g/mol. The van der Waals surface area contributed by atoms with Gasteiger partial charge in [0.2, 0.25) is 0 Å². The van der Waals surface area contributed by atoms with E-state index in [0.29, 0.717) is 0 Å². The lowest BCUT2D eigenvalue weighted by Gasteiger charge is -2.20. The predicted octanol–water partition coefficient (Wildman–Crippen LogP) is 4.33. The Morgan fingerprint density at radius 1 is 0.964 bits per heavy atom. The number of rotatable bonds is 3. The van der Waals surface area contributed by atoms with Crippen molar-refractivity contribution in [2.75, 3.05) is 26.2 Å². The number of aryl methyl sites for hydroxylation is 2. The molecule has 0 radical (unpaired) electrons. The Hall–Kier alpha value is -1.88. The van der Waals surface area contributed by atoms with Crippen LogP contribution in [0, 0.1) is 0 Å². The van der Waals surface area contributed by atoms with E-state index in [9.17, 15) is 0 Å². The molecule has 3 heterocycles. The van der Waals surface area contributed by atoms with E-state index in [4.69, 9.17) is 16.6 Å². The molecule has 0 amide bonds. The molecule has 0 unspecified atom stereocenters. The van der Waals surface area contributed by atoms with Crippen molar-refractivity contribution in [1.82, 2.24) is 19.6 Å². The molecule has 4 nitrogen and oxygen atoms in total. The minimum atomic E-state index is 0.751. The Balaban J connectivity index is 1.59. The smallest absolute Gasteiger partial charge is 0.137 e. The standard InChI is InChI=1S/C23H27ClN4/c24-20-8-9-22-26-23(19-7-6-17-4-1-2-5-18(17)14-19)21(28(22)15-20)16-27-12-3-10-25-11-13-27/h6-9,14-15,25H,1-5,10-13,16H2. The van der Waals surface area contributed by atoms with Gasteiger partial charge in [-0.05, 0) is 74.5 Å². The molecule has 1 aromatic carbocycles. The lowest BCUT2D eigenvalue weighted by atomic mass is 9.90. The fraction of sp³-hybridized carbons (Fsp3) is 0.435. The summed E-state index contributed by atoms with van der Waals surface area (Å²) in [6.07, 6.45) is 8.21. The highest BCUT2D eigenvalue weighted by molar-refractivity contribution is 6.30. The van der Waals surface area contributed by atoms with Crippen LogP contribution >= 0.6 is 11.6 Å². The first-order valence-electron chi connectivity index (χ1n) is 10.5. The summed E-state index contributed by atoms with van der Waals surface area (Å²) in [6.45, 7) is 5.23. The van der Waals surface area contributed by atoms with Gasteiger partial charge in [-0.1, -0.05) is 23.7 Å². The molecule has 1 aliphatic carbocycles. The molecule has 5 rings (SSSR count). The molecule has 1 fully saturated rings. The van der Waals surface area contributed by atoms with Crippen LogP contribution in [0.4, 0.5) is 0 Å². The summed E-state index contributed by atoms with van der Waals surface area (Å²) >= 11 is 6.34. The fourth-order valence-corrected chi connectivity index (χ4v) is 4.76.